The van der Waals surface area contributed by atoms with E-state index in [1.165, 1.54) is 0 Å². The van der Waals surface area contributed by atoms with Gasteiger partial charge in [0.1, 0.15) is 12.4 Å². The van der Waals surface area contributed by atoms with Crippen molar-refractivity contribution in [3.05, 3.63) is 63.1 Å². The third-order valence-electron chi connectivity index (χ3n) is 3.03. The minimum absolute atomic E-state index is 0. The van der Waals surface area contributed by atoms with Gasteiger partial charge in [-0.15, -0.1) is 12.4 Å². The maximum atomic E-state index is 5.95. The first kappa shape index (κ1) is 19.3. The standard InChI is InChI=1S/C17H19BrClNO.ClH/c1-12(2)20-10-14-9-15(18)5-8-17(14)21-11-13-3-6-16(19)7-4-13;/h3-9,12,20H,10-11H2,1-2H3;1H. The Labute approximate surface area is 151 Å². The summed E-state index contributed by atoms with van der Waals surface area (Å²) in [5.74, 6) is 0.904. The third-order valence-corrected chi connectivity index (χ3v) is 3.78. The summed E-state index contributed by atoms with van der Waals surface area (Å²) in [6.45, 7) is 5.58. The van der Waals surface area contributed by atoms with E-state index in [2.05, 4.69) is 41.2 Å². The SMILES string of the molecule is CC(C)NCc1cc(Br)ccc1OCc1ccc(Cl)cc1.Cl. The molecule has 0 unspecified atom stereocenters. The summed E-state index contributed by atoms with van der Waals surface area (Å²) < 4.78 is 7.00. The Balaban J connectivity index is 0.00000242. The summed E-state index contributed by atoms with van der Waals surface area (Å²) in [6.07, 6.45) is 0. The molecule has 22 heavy (non-hydrogen) atoms. The van der Waals surface area contributed by atoms with E-state index in [0.29, 0.717) is 12.6 Å². The van der Waals surface area contributed by atoms with Gasteiger partial charge in [0.05, 0.1) is 0 Å². The van der Waals surface area contributed by atoms with Gasteiger partial charge in [0, 0.05) is 27.6 Å². The maximum absolute atomic E-state index is 5.95. The molecule has 120 valence electrons. The zero-order valence-electron chi connectivity index (χ0n) is 12.6. The molecule has 2 rings (SSSR count). The van der Waals surface area contributed by atoms with E-state index in [9.17, 15) is 0 Å². The van der Waals surface area contributed by atoms with E-state index in [-0.39, 0.29) is 12.4 Å². The monoisotopic (exact) mass is 403 g/mol. The first-order chi connectivity index (χ1) is 10.0. The van der Waals surface area contributed by atoms with E-state index in [4.69, 9.17) is 16.3 Å². The van der Waals surface area contributed by atoms with Crippen molar-refractivity contribution < 1.29 is 4.74 Å². The Hall–Kier alpha value is -0.740. The molecule has 0 fully saturated rings. The molecule has 1 N–H and O–H groups in total. The van der Waals surface area contributed by atoms with E-state index >= 15 is 0 Å². The predicted octanol–water partition coefficient (Wildman–Crippen LogP) is 5.60. The van der Waals surface area contributed by atoms with Crippen LogP contribution in [0.5, 0.6) is 5.75 Å². The third kappa shape index (κ3) is 6.17. The van der Waals surface area contributed by atoms with Crippen LogP contribution in [0.3, 0.4) is 0 Å². The maximum Gasteiger partial charge on any atom is 0.124 e. The molecule has 2 nitrogen and oxygen atoms in total. The molecule has 0 saturated carbocycles. The molecule has 0 aromatic heterocycles. The molecule has 0 aliphatic rings. The van der Waals surface area contributed by atoms with Crippen molar-refractivity contribution >= 4 is 39.9 Å². The number of nitrogens with one attached hydrogen (secondary N) is 1. The quantitative estimate of drug-likeness (QED) is 0.676. The van der Waals surface area contributed by atoms with Gasteiger partial charge in [-0.1, -0.05) is 53.5 Å². The van der Waals surface area contributed by atoms with Crippen molar-refractivity contribution in [1.82, 2.24) is 5.32 Å². The molecule has 0 saturated heterocycles. The lowest BCUT2D eigenvalue weighted by Crippen LogP contribution is -2.22. The fourth-order valence-electron chi connectivity index (χ4n) is 1.88. The first-order valence-electron chi connectivity index (χ1n) is 6.93. The highest BCUT2D eigenvalue weighted by atomic mass is 79.9. The van der Waals surface area contributed by atoms with Gasteiger partial charge in [0.15, 0.2) is 0 Å². The van der Waals surface area contributed by atoms with Crippen molar-refractivity contribution in [3.8, 4) is 5.75 Å². The summed E-state index contributed by atoms with van der Waals surface area (Å²) in [5.41, 5.74) is 2.25. The molecule has 0 heterocycles. The molecule has 2 aromatic rings. The second kappa shape index (κ2) is 9.41. The molecule has 0 radical (unpaired) electrons. The second-order valence-corrected chi connectivity index (χ2v) is 6.55. The highest BCUT2D eigenvalue weighted by Crippen LogP contribution is 2.24. The average molecular weight is 405 g/mol. The molecule has 0 spiro atoms. The van der Waals surface area contributed by atoms with Gasteiger partial charge < -0.3 is 10.1 Å². The van der Waals surface area contributed by atoms with Crippen LogP contribution in [-0.2, 0) is 13.2 Å². The van der Waals surface area contributed by atoms with Crippen LogP contribution in [0.25, 0.3) is 0 Å². The Bertz CT molecular complexity index is 588. The van der Waals surface area contributed by atoms with E-state index in [0.717, 1.165) is 32.9 Å². The smallest absolute Gasteiger partial charge is 0.124 e. The first-order valence-corrected chi connectivity index (χ1v) is 8.11. The Morgan fingerprint density at radius 2 is 1.82 bits per heavy atom. The lowest BCUT2D eigenvalue weighted by molar-refractivity contribution is 0.301. The second-order valence-electron chi connectivity index (χ2n) is 5.20. The summed E-state index contributed by atoms with van der Waals surface area (Å²) >= 11 is 9.40. The zero-order valence-corrected chi connectivity index (χ0v) is 15.8. The van der Waals surface area contributed by atoms with Crippen molar-refractivity contribution in [2.24, 2.45) is 0 Å². The van der Waals surface area contributed by atoms with Crippen LogP contribution in [-0.4, -0.2) is 6.04 Å². The molecule has 5 heteroatoms. The van der Waals surface area contributed by atoms with Crippen molar-refractivity contribution in [2.45, 2.75) is 33.0 Å². The van der Waals surface area contributed by atoms with E-state index in [1.54, 1.807) is 0 Å². The highest BCUT2D eigenvalue weighted by molar-refractivity contribution is 9.10. The molecule has 0 bridgehead atoms. The molecule has 0 aliphatic carbocycles. The van der Waals surface area contributed by atoms with Crippen LogP contribution in [0.15, 0.2) is 46.9 Å². The fourth-order valence-corrected chi connectivity index (χ4v) is 2.42. The normalized spacial score (nSPS) is 10.4. The topological polar surface area (TPSA) is 21.3 Å². The number of halogens is 3. The minimum atomic E-state index is 0. The summed E-state index contributed by atoms with van der Waals surface area (Å²) in [6, 6.07) is 14.2. The average Bonchev–Trinajstić information content (AvgIpc) is 2.45. The Kier molecular flexibility index (Phi) is 8.26. The van der Waals surface area contributed by atoms with Gasteiger partial charge in [-0.2, -0.15) is 0 Å². The van der Waals surface area contributed by atoms with Gasteiger partial charge >= 0.3 is 0 Å². The highest BCUT2D eigenvalue weighted by Gasteiger charge is 2.06. The Morgan fingerprint density at radius 1 is 1.14 bits per heavy atom. The van der Waals surface area contributed by atoms with Crippen LogP contribution in [0.4, 0.5) is 0 Å². The number of hydrogen-bond donors (Lipinski definition) is 1. The van der Waals surface area contributed by atoms with Crippen molar-refractivity contribution in [2.75, 3.05) is 0 Å². The zero-order chi connectivity index (χ0) is 15.2. The number of ether oxygens (including phenoxy) is 1. The van der Waals surface area contributed by atoms with Crippen LogP contribution in [0, 0.1) is 0 Å². The lowest BCUT2D eigenvalue weighted by atomic mass is 10.2. The van der Waals surface area contributed by atoms with Gasteiger partial charge in [0.2, 0.25) is 0 Å². The molecule has 0 amide bonds. The van der Waals surface area contributed by atoms with Crippen LogP contribution >= 0.6 is 39.9 Å². The van der Waals surface area contributed by atoms with Gasteiger partial charge in [0.25, 0.3) is 0 Å². The molecular formula is C17H20BrCl2NO. The van der Waals surface area contributed by atoms with Gasteiger partial charge in [-0.05, 0) is 35.9 Å². The fraction of sp³-hybridized carbons (Fsp3) is 0.294. The van der Waals surface area contributed by atoms with E-state index < -0.39 is 0 Å². The number of hydrogen-bond acceptors (Lipinski definition) is 2. The summed E-state index contributed by atoms with van der Waals surface area (Å²) in [4.78, 5) is 0. The largest absolute Gasteiger partial charge is 0.489 e. The summed E-state index contributed by atoms with van der Waals surface area (Å²) in [5, 5.41) is 4.16. The molecule has 0 aliphatic heterocycles. The number of benzene rings is 2. The predicted molar refractivity (Wildman–Crippen MR) is 99.1 cm³/mol. The lowest BCUT2D eigenvalue weighted by Gasteiger charge is -2.14. The minimum Gasteiger partial charge on any atom is -0.489 e. The number of rotatable bonds is 6. The van der Waals surface area contributed by atoms with Crippen LogP contribution in [0.2, 0.25) is 5.02 Å². The Morgan fingerprint density at radius 3 is 2.45 bits per heavy atom. The van der Waals surface area contributed by atoms with Crippen molar-refractivity contribution in [1.29, 1.82) is 0 Å². The van der Waals surface area contributed by atoms with Gasteiger partial charge in [-0.25, -0.2) is 0 Å². The molecular weight excluding hydrogens is 385 g/mol. The van der Waals surface area contributed by atoms with Gasteiger partial charge in [-0.3, -0.25) is 0 Å². The summed E-state index contributed by atoms with van der Waals surface area (Å²) in [7, 11) is 0. The van der Waals surface area contributed by atoms with Crippen LogP contribution in [0.1, 0.15) is 25.0 Å². The molecule has 2 aromatic carbocycles. The molecule has 0 atom stereocenters. The van der Waals surface area contributed by atoms with Crippen LogP contribution < -0.4 is 10.1 Å². The van der Waals surface area contributed by atoms with Crippen molar-refractivity contribution in [3.63, 3.8) is 0 Å². The van der Waals surface area contributed by atoms with E-state index in [1.807, 2.05) is 36.4 Å².